The molecule has 0 radical (unpaired) electrons. The van der Waals surface area contributed by atoms with Gasteiger partial charge >= 0.3 is 5.97 Å². The van der Waals surface area contributed by atoms with Crippen LogP contribution in [-0.2, 0) is 4.74 Å². The number of halogens is 1. The lowest BCUT2D eigenvalue weighted by atomic mass is 10.00. The monoisotopic (exact) mass is 372 g/mol. The molecule has 0 spiro atoms. The van der Waals surface area contributed by atoms with Gasteiger partial charge in [0, 0.05) is 5.02 Å². The molecule has 0 saturated carbocycles. The third-order valence-electron chi connectivity index (χ3n) is 3.99. The second-order valence-electron chi connectivity index (χ2n) is 6.75. The van der Waals surface area contributed by atoms with E-state index in [9.17, 15) is 4.79 Å². The molecule has 1 aromatic carbocycles. The van der Waals surface area contributed by atoms with Crippen molar-refractivity contribution in [1.29, 1.82) is 0 Å². The summed E-state index contributed by atoms with van der Waals surface area (Å²) in [5.41, 5.74) is 4.02. The van der Waals surface area contributed by atoms with E-state index in [0.29, 0.717) is 16.4 Å². The summed E-state index contributed by atoms with van der Waals surface area (Å²) in [4.78, 5) is 12.3. The molecule has 0 aliphatic carbocycles. The van der Waals surface area contributed by atoms with Gasteiger partial charge in [0.15, 0.2) is 11.3 Å². The summed E-state index contributed by atoms with van der Waals surface area (Å²) in [5.74, 6) is -0.339. The molecule has 0 amide bonds. The number of carbonyl (C=O) groups is 1. The Balaban J connectivity index is 2.24. The number of rotatable bonds is 4. The molecule has 136 valence electrons. The minimum absolute atomic E-state index is 0.163. The van der Waals surface area contributed by atoms with Crippen LogP contribution in [0.5, 0.6) is 0 Å². The number of ether oxygens (including phenoxy) is 1. The summed E-state index contributed by atoms with van der Waals surface area (Å²) >= 11 is 6.17. The zero-order chi connectivity index (χ0) is 19.0. The average Bonchev–Trinajstić information content (AvgIpc) is 2.95. The molecular weight excluding hydrogens is 352 g/mol. The van der Waals surface area contributed by atoms with Crippen LogP contribution in [0.1, 0.15) is 55.5 Å². The quantitative estimate of drug-likeness (QED) is 0.633. The second kappa shape index (κ2) is 7.03. The van der Waals surface area contributed by atoms with Gasteiger partial charge in [0.1, 0.15) is 0 Å². The minimum atomic E-state index is -0.502. The van der Waals surface area contributed by atoms with Gasteiger partial charge in [-0.05, 0) is 44.4 Å². The smallest absolute Gasteiger partial charge is 0.361 e. The maximum absolute atomic E-state index is 12.3. The molecule has 6 nitrogen and oxygen atoms in total. The van der Waals surface area contributed by atoms with Crippen LogP contribution in [0.3, 0.4) is 0 Å². The zero-order valence-electron chi connectivity index (χ0n) is 15.4. The third kappa shape index (κ3) is 3.29. The summed E-state index contributed by atoms with van der Waals surface area (Å²) in [5, 5.41) is 13.7. The first-order valence-corrected chi connectivity index (χ1v) is 8.90. The normalized spacial score (nSPS) is 11.5. The van der Waals surface area contributed by atoms with Gasteiger partial charge in [0.25, 0.3) is 0 Å². The molecule has 3 rings (SSSR count). The summed E-state index contributed by atoms with van der Waals surface area (Å²) < 4.78 is 6.91. The molecule has 2 heterocycles. The Morgan fingerprint density at radius 2 is 1.92 bits per heavy atom. The van der Waals surface area contributed by atoms with Crippen molar-refractivity contribution >= 4 is 23.2 Å². The molecule has 0 fully saturated rings. The van der Waals surface area contributed by atoms with Crippen molar-refractivity contribution in [3.8, 4) is 11.1 Å². The highest BCUT2D eigenvalue weighted by atomic mass is 35.5. The number of hydrogen-bond donors (Lipinski definition) is 0. The Labute approximate surface area is 157 Å². The SMILES string of the molecule is Cc1c(C(=O)OC(C)C)nnc2c(-c3cccc(Cl)c3)c(C(C)C)nn12. The van der Waals surface area contributed by atoms with Gasteiger partial charge in [-0.15, -0.1) is 10.2 Å². The van der Waals surface area contributed by atoms with Gasteiger partial charge < -0.3 is 4.74 Å². The number of nitrogens with zero attached hydrogens (tertiary/aromatic N) is 4. The van der Waals surface area contributed by atoms with Crippen molar-refractivity contribution in [2.75, 3.05) is 0 Å². The minimum Gasteiger partial charge on any atom is -0.458 e. The summed E-state index contributed by atoms with van der Waals surface area (Å²) in [6.45, 7) is 9.50. The lowest BCUT2D eigenvalue weighted by Crippen LogP contribution is -2.17. The van der Waals surface area contributed by atoms with Gasteiger partial charge in [-0.3, -0.25) is 0 Å². The second-order valence-corrected chi connectivity index (χ2v) is 7.19. The van der Waals surface area contributed by atoms with Crippen LogP contribution in [0.15, 0.2) is 24.3 Å². The fraction of sp³-hybridized carbons (Fsp3) is 0.368. The first kappa shape index (κ1) is 18.3. The Morgan fingerprint density at radius 3 is 2.54 bits per heavy atom. The third-order valence-corrected chi connectivity index (χ3v) is 4.22. The predicted octanol–water partition coefficient (Wildman–Crippen LogP) is 4.44. The van der Waals surface area contributed by atoms with E-state index in [0.717, 1.165) is 16.8 Å². The lowest BCUT2D eigenvalue weighted by Gasteiger charge is -2.09. The van der Waals surface area contributed by atoms with Crippen LogP contribution in [0.25, 0.3) is 16.8 Å². The Kier molecular flexibility index (Phi) is 4.96. The maximum Gasteiger partial charge on any atom is 0.361 e. The molecule has 0 N–H and O–H groups in total. The molecule has 2 aromatic heterocycles. The number of esters is 1. The molecule has 3 aromatic rings. The first-order valence-electron chi connectivity index (χ1n) is 8.52. The van der Waals surface area contributed by atoms with Crippen molar-refractivity contribution in [1.82, 2.24) is 19.8 Å². The standard InChI is InChI=1S/C19H21ClN4O2/c1-10(2)16-15(13-7-6-8-14(20)9-13)18-22-21-17(12(5)24(18)23-16)19(25)26-11(3)4/h6-11H,1-5H3. The fourth-order valence-electron chi connectivity index (χ4n) is 2.81. The van der Waals surface area contributed by atoms with Crippen molar-refractivity contribution in [3.63, 3.8) is 0 Å². The van der Waals surface area contributed by atoms with Crippen LogP contribution in [0.4, 0.5) is 0 Å². The van der Waals surface area contributed by atoms with E-state index >= 15 is 0 Å². The fourth-order valence-corrected chi connectivity index (χ4v) is 3.00. The average molecular weight is 373 g/mol. The Morgan fingerprint density at radius 1 is 1.19 bits per heavy atom. The number of aryl methyl sites for hydroxylation is 1. The van der Waals surface area contributed by atoms with Crippen molar-refractivity contribution in [2.45, 2.75) is 46.6 Å². The molecule has 0 aliphatic rings. The van der Waals surface area contributed by atoms with E-state index in [-0.39, 0.29) is 17.7 Å². The van der Waals surface area contributed by atoms with Crippen molar-refractivity contribution < 1.29 is 9.53 Å². The molecule has 26 heavy (non-hydrogen) atoms. The summed E-state index contributed by atoms with van der Waals surface area (Å²) in [6.07, 6.45) is -0.231. The molecule has 0 saturated heterocycles. The van der Waals surface area contributed by atoms with Gasteiger partial charge in [0.2, 0.25) is 0 Å². The Hall–Kier alpha value is -2.47. The van der Waals surface area contributed by atoms with Gasteiger partial charge in [0.05, 0.1) is 23.1 Å². The number of fused-ring (bicyclic) bond motifs is 1. The van der Waals surface area contributed by atoms with Crippen LogP contribution in [-0.4, -0.2) is 31.9 Å². The van der Waals surface area contributed by atoms with E-state index in [1.54, 1.807) is 25.3 Å². The molecule has 0 aliphatic heterocycles. The molecule has 0 unspecified atom stereocenters. The van der Waals surface area contributed by atoms with Crippen LogP contribution in [0.2, 0.25) is 5.02 Å². The lowest BCUT2D eigenvalue weighted by molar-refractivity contribution is 0.0367. The van der Waals surface area contributed by atoms with Gasteiger partial charge in [-0.1, -0.05) is 37.6 Å². The molecular formula is C19H21ClN4O2. The van der Waals surface area contributed by atoms with E-state index in [2.05, 4.69) is 24.0 Å². The van der Waals surface area contributed by atoms with Crippen molar-refractivity contribution in [3.05, 3.63) is 46.4 Å². The largest absolute Gasteiger partial charge is 0.458 e. The van der Waals surface area contributed by atoms with Crippen LogP contribution in [0, 0.1) is 6.92 Å². The van der Waals surface area contributed by atoms with Gasteiger partial charge in [-0.2, -0.15) is 5.10 Å². The molecule has 0 atom stereocenters. The Bertz CT molecular complexity index is 979. The van der Waals surface area contributed by atoms with Gasteiger partial charge in [-0.25, -0.2) is 9.31 Å². The van der Waals surface area contributed by atoms with Crippen LogP contribution < -0.4 is 0 Å². The predicted molar refractivity (Wildman–Crippen MR) is 101 cm³/mol. The number of hydrogen-bond acceptors (Lipinski definition) is 5. The molecule has 7 heteroatoms. The van der Waals surface area contributed by atoms with E-state index in [4.69, 9.17) is 21.4 Å². The number of benzene rings is 1. The number of carbonyl (C=O) groups excluding carboxylic acids is 1. The van der Waals surface area contributed by atoms with Crippen molar-refractivity contribution in [2.24, 2.45) is 0 Å². The van der Waals surface area contributed by atoms with Crippen LogP contribution >= 0.6 is 11.6 Å². The highest BCUT2D eigenvalue weighted by Crippen LogP contribution is 2.33. The number of aromatic nitrogens is 4. The first-order chi connectivity index (χ1) is 12.3. The highest BCUT2D eigenvalue weighted by molar-refractivity contribution is 6.30. The van der Waals surface area contributed by atoms with E-state index in [1.165, 1.54) is 0 Å². The topological polar surface area (TPSA) is 69.4 Å². The zero-order valence-corrected chi connectivity index (χ0v) is 16.2. The summed E-state index contributed by atoms with van der Waals surface area (Å²) in [7, 11) is 0. The van der Waals surface area contributed by atoms with E-state index in [1.807, 2.05) is 24.3 Å². The summed E-state index contributed by atoms with van der Waals surface area (Å²) in [6, 6.07) is 7.55. The molecule has 0 bridgehead atoms. The van der Waals surface area contributed by atoms with E-state index < -0.39 is 5.97 Å². The maximum atomic E-state index is 12.3. The highest BCUT2D eigenvalue weighted by Gasteiger charge is 2.24.